The van der Waals surface area contributed by atoms with E-state index in [1.807, 2.05) is 0 Å². The van der Waals surface area contributed by atoms with E-state index >= 15 is 0 Å². The number of nitrogens with one attached hydrogen (secondary N) is 1. The lowest BCUT2D eigenvalue weighted by Crippen LogP contribution is -2.61. The maximum atomic E-state index is 3.77. The van der Waals surface area contributed by atoms with Crippen molar-refractivity contribution in [2.24, 2.45) is 5.41 Å². The molecule has 3 nitrogen and oxygen atoms in total. The number of nitrogens with zero attached hydrogens (tertiary/aromatic N) is 2. The summed E-state index contributed by atoms with van der Waals surface area (Å²) in [5.74, 6) is 2.65. The quantitative estimate of drug-likeness (QED) is 0.857. The van der Waals surface area contributed by atoms with Gasteiger partial charge in [-0.2, -0.15) is 11.8 Å². The van der Waals surface area contributed by atoms with Gasteiger partial charge in [0, 0.05) is 62.9 Å². The predicted octanol–water partition coefficient (Wildman–Crippen LogP) is 2.13. The van der Waals surface area contributed by atoms with Crippen LogP contribution in [-0.2, 0) is 0 Å². The van der Waals surface area contributed by atoms with Crippen molar-refractivity contribution >= 4 is 11.8 Å². The molecule has 2 atom stereocenters. The monoisotopic (exact) mass is 299 g/mol. The summed E-state index contributed by atoms with van der Waals surface area (Å²) in [6.07, 6.45) is 1.26. The average Bonchev–Trinajstić information content (AvgIpc) is 2.45. The van der Waals surface area contributed by atoms with Crippen LogP contribution in [0.3, 0.4) is 0 Å². The van der Waals surface area contributed by atoms with Gasteiger partial charge in [0.1, 0.15) is 0 Å². The maximum absolute atomic E-state index is 3.77. The summed E-state index contributed by atoms with van der Waals surface area (Å²) in [7, 11) is 0. The second kappa shape index (κ2) is 7.48. The maximum Gasteiger partial charge on any atom is 0.0244 e. The third-order valence-corrected chi connectivity index (χ3v) is 5.80. The number of hydrogen-bond donors (Lipinski definition) is 1. The van der Waals surface area contributed by atoms with Crippen molar-refractivity contribution in [2.45, 2.75) is 46.2 Å². The number of piperazine rings is 1. The molecule has 0 aromatic heterocycles. The molecule has 2 saturated heterocycles. The third kappa shape index (κ3) is 4.62. The zero-order valence-electron chi connectivity index (χ0n) is 13.8. The standard InChI is InChI=1S/C16H33N3S/c1-5-14-12-17-15(16(2,3)4)13-19(14)7-6-18-8-10-20-11-9-18/h14-15,17H,5-13H2,1-4H3. The number of rotatable bonds is 4. The summed E-state index contributed by atoms with van der Waals surface area (Å²) in [5.41, 5.74) is 0.360. The fourth-order valence-electron chi connectivity index (χ4n) is 3.21. The molecule has 20 heavy (non-hydrogen) atoms. The molecular formula is C16H33N3S. The summed E-state index contributed by atoms with van der Waals surface area (Å²) in [4.78, 5) is 5.39. The molecule has 2 fully saturated rings. The van der Waals surface area contributed by atoms with Crippen LogP contribution in [0.5, 0.6) is 0 Å². The molecule has 0 aromatic rings. The first-order valence-corrected chi connectivity index (χ1v) is 9.43. The molecular weight excluding hydrogens is 266 g/mol. The minimum Gasteiger partial charge on any atom is -0.311 e. The minimum atomic E-state index is 0.360. The van der Waals surface area contributed by atoms with Gasteiger partial charge in [-0.05, 0) is 11.8 Å². The lowest BCUT2D eigenvalue weighted by atomic mass is 9.84. The van der Waals surface area contributed by atoms with Crippen molar-refractivity contribution < 1.29 is 0 Å². The van der Waals surface area contributed by atoms with Gasteiger partial charge in [-0.25, -0.2) is 0 Å². The lowest BCUT2D eigenvalue weighted by molar-refractivity contribution is 0.0744. The normalized spacial score (nSPS) is 30.6. The average molecular weight is 300 g/mol. The van der Waals surface area contributed by atoms with Crippen LogP contribution in [0.1, 0.15) is 34.1 Å². The van der Waals surface area contributed by atoms with Crippen LogP contribution >= 0.6 is 11.8 Å². The molecule has 0 bridgehead atoms. The third-order valence-electron chi connectivity index (χ3n) is 4.86. The Morgan fingerprint density at radius 3 is 2.45 bits per heavy atom. The molecule has 2 rings (SSSR count). The zero-order valence-corrected chi connectivity index (χ0v) is 14.6. The van der Waals surface area contributed by atoms with Gasteiger partial charge in [-0.1, -0.05) is 27.7 Å². The van der Waals surface area contributed by atoms with Crippen molar-refractivity contribution in [3.05, 3.63) is 0 Å². The molecule has 4 heteroatoms. The molecule has 2 aliphatic rings. The smallest absolute Gasteiger partial charge is 0.0244 e. The van der Waals surface area contributed by atoms with Gasteiger partial charge in [0.15, 0.2) is 0 Å². The van der Waals surface area contributed by atoms with Crippen LogP contribution in [0.4, 0.5) is 0 Å². The van der Waals surface area contributed by atoms with Crippen molar-refractivity contribution in [1.29, 1.82) is 0 Å². The van der Waals surface area contributed by atoms with Crippen molar-refractivity contribution in [3.8, 4) is 0 Å². The Morgan fingerprint density at radius 2 is 1.85 bits per heavy atom. The second-order valence-electron chi connectivity index (χ2n) is 7.34. The molecule has 0 aliphatic carbocycles. The van der Waals surface area contributed by atoms with Crippen LogP contribution in [0.2, 0.25) is 0 Å². The summed E-state index contributed by atoms with van der Waals surface area (Å²) in [5, 5.41) is 3.77. The van der Waals surface area contributed by atoms with Crippen LogP contribution in [0.15, 0.2) is 0 Å². The molecule has 1 N–H and O–H groups in total. The SMILES string of the molecule is CCC1CNC(C(C)(C)C)CN1CCN1CCSCC1. The molecule has 2 unspecified atom stereocenters. The van der Waals surface area contributed by atoms with Crippen LogP contribution in [0.25, 0.3) is 0 Å². The molecule has 0 amide bonds. The first kappa shape index (κ1) is 16.6. The van der Waals surface area contributed by atoms with Crippen LogP contribution in [-0.4, -0.2) is 72.7 Å². The fourth-order valence-corrected chi connectivity index (χ4v) is 4.19. The highest BCUT2D eigenvalue weighted by Crippen LogP contribution is 2.24. The molecule has 2 heterocycles. The second-order valence-corrected chi connectivity index (χ2v) is 8.56. The number of thioether (sulfide) groups is 1. The Balaban J connectivity index is 1.84. The molecule has 0 radical (unpaired) electrons. The molecule has 118 valence electrons. The van der Waals surface area contributed by atoms with E-state index in [0.29, 0.717) is 11.5 Å². The summed E-state index contributed by atoms with van der Waals surface area (Å²) < 4.78 is 0. The molecule has 0 saturated carbocycles. The van der Waals surface area contributed by atoms with Crippen LogP contribution in [0, 0.1) is 5.41 Å². The summed E-state index contributed by atoms with van der Waals surface area (Å²) in [6, 6.07) is 1.36. The summed E-state index contributed by atoms with van der Waals surface area (Å²) >= 11 is 2.10. The Kier molecular flexibility index (Phi) is 6.21. The molecule has 0 aromatic carbocycles. The molecule has 2 aliphatic heterocycles. The minimum absolute atomic E-state index is 0.360. The van der Waals surface area contributed by atoms with Gasteiger partial charge in [-0.3, -0.25) is 4.90 Å². The van der Waals surface area contributed by atoms with Gasteiger partial charge < -0.3 is 10.2 Å². The van der Waals surface area contributed by atoms with Gasteiger partial charge in [0.25, 0.3) is 0 Å². The zero-order chi connectivity index (χ0) is 14.6. The van der Waals surface area contributed by atoms with Gasteiger partial charge >= 0.3 is 0 Å². The van der Waals surface area contributed by atoms with Gasteiger partial charge in [-0.15, -0.1) is 0 Å². The van der Waals surface area contributed by atoms with E-state index in [4.69, 9.17) is 0 Å². The lowest BCUT2D eigenvalue weighted by Gasteiger charge is -2.45. The number of hydrogen-bond acceptors (Lipinski definition) is 4. The predicted molar refractivity (Wildman–Crippen MR) is 90.7 cm³/mol. The molecule has 0 spiro atoms. The van der Waals surface area contributed by atoms with Crippen LogP contribution < -0.4 is 5.32 Å². The van der Waals surface area contributed by atoms with Gasteiger partial charge in [0.2, 0.25) is 0 Å². The topological polar surface area (TPSA) is 18.5 Å². The Bertz CT molecular complexity index is 284. The van der Waals surface area contributed by atoms with E-state index in [9.17, 15) is 0 Å². The van der Waals surface area contributed by atoms with E-state index in [0.717, 1.165) is 12.6 Å². The first-order valence-electron chi connectivity index (χ1n) is 8.28. The van der Waals surface area contributed by atoms with Crippen molar-refractivity contribution in [1.82, 2.24) is 15.1 Å². The van der Waals surface area contributed by atoms with E-state index < -0.39 is 0 Å². The fraction of sp³-hybridized carbons (Fsp3) is 1.00. The highest BCUT2D eigenvalue weighted by atomic mass is 32.2. The Labute approximate surface area is 129 Å². The van der Waals surface area contributed by atoms with Gasteiger partial charge in [0.05, 0.1) is 0 Å². The Morgan fingerprint density at radius 1 is 1.15 bits per heavy atom. The van der Waals surface area contributed by atoms with Crippen molar-refractivity contribution in [3.63, 3.8) is 0 Å². The van der Waals surface area contributed by atoms with E-state index in [1.54, 1.807) is 0 Å². The van der Waals surface area contributed by atoms with E-state index in [-0.39, 0.29) is 0 Å². The highest BCUT2D eigenvalue weighted by molar-refractivity contribution is 7.99. The first-order chi connectivity index (χ1) is 9.50. The largest absolute Gasteiger partial charge is 0.311 e. The summed E-state index contributed by atoms with van der Waals surface area (Å²) in [6.45, 7) is 16.9. The van der Waals surface area contributed by atoms with E-state index in [1.165, 1.54) is 50.7 Å². The highest BCUT2D eigenvalue weighted by Gasteiger charge is 2.33. The Hall–Kier alpha value is 0.230. The van der Waals surface area contributed by atoms with Crippen molar-refractivity contribution in [2.75, 3.05) is 50.8 Å². The van der Waals surface area contributed by atoms with E-state index in [2.05, 4.69) is 54.6 Å².